The van der Waals surface area contributed by atoms with Crippen molar-refractivity contribution >= 4 is 180 Å². The molecule has 139 heavy (non-hydrogen) atoms. The lowest BCUT2D eigenvalue weighted by Crippen LogP contribution is -2.35. The molecule has 0 bridgehead atoms. The van der Waals surface area contributed by atoms with Gasteiger partial charge in [-0.3, -0.25) is 31.8 Å². The monoisotopic (exact) mass is 2040 g/mol. The van der Waals surface area contributed by atoms with E-state index >= 15 is 0 Å². The van der Waals surface area contributed by atoms with Crippen LogP contribution in [-0.2, 0) is 118 Å². The zero-order valence-electron chi connectivity index (χ0n) is 76.5. The van der Waals surface area contributed by atoms with Crippen LogP contribution in [0, 0.1) is 37.7 Å². The van der Waals surface area contributed by atoms with E-state index in [0.29, 0.717) is 106 Å². The Morgan fingerprint density at radius 3 is 1.09 bits per heavy atom. The maximum Gasteiger partial charge on any atom is 0.355 e. The number of hydrogen-bond acceptors (Lipinski definition) is 30. The van der Waals surface area contributed by atoms with Gasteiger partial charge in [-0.05, 0) is 297 Å². The Kier molecular flexibility index (Phi) is 42.1. The van der Waals surface area contributed by atoms with Crippen LogP contribution in [0.25, 0.3) is 51.7 Å². The highest BCUT2D eigenvalue weighted by Gasteiger charge is 2.35. The third-order valence-corrected chi connectivity index (χ3v) is 26.8. The first-order valence-corrected chi connectivity index (χ1v) is 51.7. The quantitative estimate of drug-likeness (QED) is 0.00523. The van der Waals surface area contributed by atoms with Gasteiger partial charge in [-0.25, -0.2) is 36.0 Å². The molecule has 6 unspecified atom stereocenters. The number of hydrogen-bond donors (Lipinski definition) is 2. The number of esters is 7. The van der Waals surface area contributed by atoms with Gasteiger partial charge in [0.2, 0.25) is 18.3 Å². The van der Waals surface area contributed by atoms with Crippen molar-refractivity contribution in [1.29, 1.82) is 0 Å². The third kappa shape index (κ3) is 34.0. The molecule has 41 heteroatoms. The molecule has 3 aliphatic carbocycles. The molecule has 0 aromatic heterocycles. The van der Waals surface area contributed by atoms with E-state index in [1.807, 2.05) is 63.3 Å². The molecule has 0 spiro atoms. The first-order chi connectivity index (χ1) is 66.1. The van der Waals surface area contributed by atoms with Gasteiger partial charge in [0.1, 0.15) is 52.1 Å². The number of allylic oxidation sites excluding steroid dienone is 6. The summed E-state index contributed by atoms with van der Waals surface area (Å²) in [4.78, 5) is 122. The first-order valence-electron chi connectivity index (χ1n) is 42.8. The number of carbonyl (C=O) groups is 7. The number of halogens is 3. The molecule has 0 saturated heterocycles. The van der Waals surface area contributed by atoms with Crippen LogP contribution in [-0.4, -0.2) is 185 Å². The van der Waals surface area contributed by atoms with E-state index in [4.69, 9.17) is 78.5 Å². The standard InChI is InChI=1S/C34H33FN2O9S2.C34H34FNO6S2.C30H32FNO12S3/c1-21-28(17-22-5-12-26(13-6-22)48(2)42)27-14-9-24(35)18-30(27)29(21)19-32(38)46-31(20-43-15-3-4-16-44-37(40)41)34(39)45-25-10-7-23(8-11-25)33(36)47;1-4-5-16-40-20-31(34(38)41-25-11-8-23(9-12-25)33(36)43)42-32(37)19-29-21(2)28(27-15-10-24(35)18-30(27)29)17-22-6-13-26(14-7-22)44(3)39;1-19-24(15-20-6-9-22(10-7-20)46(2)38)23-11-8-21(31)16-26(23)25(19)17-29(34)44-27(30(35)41-13-14-45-47(3,39)40)18-42-28(33)5-4-12-43-32(36)37/h5-14,17-18,31H,3-4,15-16,19-20H2,1-2H3,(H2,36,47);6-15,17-18,31H,4-5,16,19-20H2,1-3H3,(H2,36,43);6-11,15-16,27H,4-5,12-14,17-18H2,1-3H3/b2*28-17-;24-15-. The highest BCUT2D eigenvalue weighted by atomic mass is 33.1. The Labute approximate surface area is 821 Å². The molecule has 0 aliphatic heterocycles. The summed E-state index contributed by atoms with van der Waals surface area (Å²) in [5.41, 5.74) is 24.6. The van der Waals surface area contributed by atoms with Crippen LogP contribution < -0.4 is 20.9 Å². The average molecular weight is 2050 g/mol. The second-order valence-corrected chi connectivity index (χ2v) is 40.6. The summed E-state index contributed by atoms with van der Waals surface area (Å²) < 4.78 is 150. The minimum atomic E-state index is -3.41. The van der Waals surface area contributed by atoms with Gasteiger partial charge in [0.05, 0.1) is 45.7 Å². The van der Waals surface area contributed by atoms with Gasteiger partial charge in [-0.1, -0.05) is 92.4 Å². The summed E-state index contributed by atoms with van der Waals surface area (Å²) in [5.74, 6) is -7.21. The Hall–Kier alpha value is -12.9. The van der Waals surface area contributed by atoms with Crippen molar-refractivity contribution in [1.82, 2.24) is 0 Å². The summed E-state index contributed by atoms with van der Waals surface area (Å²) >= 11 is 9.91. The third-order valence-electron chi connectivity index (χ3n) is 21.0. The van der Waals surface area contributed by atoms with Crippen molar-refractivity contribution in [3.8, 4) is 11.5 Å². The predicted octanol–water partition coefficient (Wildman–Crippen LogP) is 15.6. The predicted molar refractivity (Wildman–Crippen MR) is 526 cm³/mol. The SMILES string of the molecule is CC1=C(CC(=O)OC(COC(=O)CCCO[N+](=O)[O-])C(=O)OCCSS(C)(=O)=O)c2cc(F)ccc2/C1=C\c1ccc(S(C)=O)cc1.CC1=C(CC(=O)OC(COCCCCO[N+](=O)[O-])C(=O)Oc2ccc(C(N)=S)cc2)c2cc(F)ccc2/C1=C\c1ccc(S(C)=O)cc1.CCCCOCC(OC(=O)CC1=C(C)/C(=C/c2ccc(S(C)=O)cc2)c2ccc(F)cc21)C(=O)Oc1ccc(C(N)=S)cc1. The highest BCUT2D eigenvalue weighted by Crippen LogP contribution is 2.48. The number of carbonyl (C=O) groups excluding carboxylic acids is 7. The molecule has 11 rings (SSSR count). The Morgan fingerprint density at radius 1 is 0.439 bits per heavy atom. The minimum Gasteiger partial charge on any atom is -0.462 e. The first kappa shape index (κ1) is 110. The maximum atomic E-state index is 14.4. The van der Waals surface area contributed by atoms with E-state index in [1.54, 1.807) is 129 Å². The number of ether oxygens (including phenoxy) is 9. The van der Waals surface area contributed by atoms with E-state index in [-0.39, 0.29) is 92.6 Å². The van der Waals surface area contributed by atoms with Gasteiger partial charge in [-0.2, -0.15) is 0 Å². The van der Waals surface area contributed by atoms with Crippen molar-refractivity contribution in [2.24, 2.45) is 11.5 Å². The highest BCUT2D eigenvalue weighted by molar-refractivity contribution is 8.71. The molecule has 31 nitrogen and oxygen atoms in total. The molecule has 3 aliphatic rings. The van der Waals surface area contributed by atoms with E-state index in [1.165, 1.54) is 48.5 Å². The molecule has 0 radical (unpaired) electrons. The summed E-state index contributed by atoms with van der Waals surface area (Å²) in [7, 11) is -6.26. The van der Waals surface area contributed by atoms with Crippen molar-refractivity contribution < 1.29 is 130 Å². The van der Waals surface area contributed by atoms with Crippen molar-refractivity contribution in [2.75, 3.05) is 83.6 Å². The summed E-state index contributed by atoms with van der Waals surface area (Å²) in [6.45, 7) is 5.83. The molecule has 0 saturated carbocycles. The fourth-order valence-corrected chi connectivity index (χ4v) is 17.4. The van der Waals surface area contributed by atoms with E-state index in [2.05, 4.69) is 9.68 Å². The molecule has 0 heterocycles. The van der Waals surface area contributed by atoms with Gasteiger partial charge in [0.25, 0.3) is 10.2 Å². The van der Waals surface area contributed by atoms with Crippen LogP contribution in [0.15, 0.2) is 207 Å². The lowest BCUT2D eigenvalue weighted by molar-refractivity contribution is -0.757. The topological polar surface area (TPSA) is 445 Å². The fraction of sp³-hybridized carbons (Fsp3) is 0.296. The van der Waals surface area contributed by atoms with Crippen LogP contribution >= 0.6 is 35.2 Å². The average Bonchev–Trinajstić information content (AvgIpc) is 1.63. The molecule has 8 aromatic rings. The minimum absolute atomic E-state index is 0.0566. The Bertz CT molecular complexity index is 6310. The van der Waals surface area contributed by atoms with Gasteiger partial charge in [-0.15, -0.1) is 20.2 Å². The molecule has 8 aromatic carbocycles. The number of nitrogens with zero attached hydrogens (tertiary/aromatic N) is 2. The molecule has 736 valence electrons. The van der Waals surface area contributed by atoms with E-state index in [9.17, 15) is 88.0 Å². The normalized spacial score (nSPS) is 14.5. The number of nitrogens with two attached hydrogens (primary N) is 2. The van der Waals surface area contributed by atoms with Crippen molar-refractivity contribution in [3.05, 3.63) is 292 Å². The number of benzene rings is 8. The van der Waals surface area contributed by atoms with Gasteiger partial charge >= 0.3 is 41.8 Å². The van der Waals surface area contributed by atoms with Crippen LogP contribution in [0.3, 0.4) is 0 Å². The van der Waals surface area contributed by atoms with Crippen molar-refractivity contribution in [2.45, 2.75) is 118 Å². The van der Waals surface area contributed by atoms with E-state index in [0.717, 1.165) is 69.2 Å². The summed E-state index contributed by atoms with van der Waals surface area (Å²) in [5, 5.41) is 18.7. The summed E-state index contributed by atoms with van der Waals surface area (Å²) in [6, 6.07) is 46.9. The molecular weight excluding hydrogens is 1950 g/mol. The number of rotatable bonds is 46. The zero-order chi connectivity index (χ0) is 101. The largest absolute Gasteiger partial charge is 0.462 e. The van der Waals surface area contributed by atoms with Gasteiger partial charge in [0, 0.05) is 109 Å². The smallest absolute Gasteiger partial charge is 0.355 e. The number of fused-ring (bicyclic) bond motifs is 3. The Balaban J connectivity index is 0.000000233. The second-order valence-electron chi connectivity index (χ2n) is 31.0. The van der Waals surface area contributed by atoms with Crippen LogP contribution in [0.5, 0.6) is 11.5 Å². The lowest BCUT2D eigenvalue weighted by atomic mass is 10.0. The molecule has 6 atom stereocenters. The van der Waals surface area contributed by atoms with Crippen LogP contribution in [0.1, 0.15) is 147 Å². The van der Waals surface area contributed by atoms with Crippen molar-refractivity contribution in [3.63, 3.8) is 0 Å². The number of thiocarbonyl (C=S) groups is 2. The maximum absolute atomic E-state index is 14.4. The second kappa shape index (κ2) is 53.3. The fourth-order valence-electron chi connectivity index (χ4n) is 14.0. The van der Waals surface area contributed by atoms with Crippen LogP contribution in [0.4, 0.5) is 13.2 Å². The molecule has 4 N–H and O–H groups in total. The zero-order valence-corrected chi connectivity index (χ0v) is 82.2. The molecule has 0 amide bonds. The van der Waals surface area contributed by atoms with E-state index < -0.39 is 142 Å². The summed E-state index contributed by atoms with van der Waals surface area (Å²) in [6.07, 6.45) is 8.10. The van der Waals surface area contributed by atoms with Gasteiger partial charge in [0.15, 0.2) is 8.87 Å². The molecular formula is C98H99F3N4O27S7. The molecule has 0 fully saturated rings. The van der Waals surface area contributed by atoms with Crippen LogP contribution in [0.2, 0.25) is 0 Å². The lowest BCUT2D eigenvalue weighted by Gasteiger charge is -2.18. The number of unbranched alkanes of at least 4 members (excludes halogenated alkanes) is 2. The Morgan fingerprint density at radius 2 is 0.770 bits per heavy atom. The van der Waals surface area contributed by atoms with Gasteiger partial charge < -0.3 is 63.8 Å².